The van der Waals surface area contributed by atoms with Crippen molar-refractivity contribution in [3.8, 4) is 5.75 Å². The highest BCUT2D eigenvalue weighted by molar-refractivity contribution is 5.91. The van der Waals surface area contributed by atoms with E-state index in [0.717, 1.165) is 22.4 Å². The number of nitrogens with one attached hydrogen (secondary N) is 2. The van der Waals surface area contributed by atoms with E-state index >= 15 is 0 Å². The number of hydrazone groups is 1. The summed E-state index contributed by atoms with van der Waals surface area (Å²) in [6.45, 7) is 1.90. The van der Waals surface area contributed by atoms with Crippen molar-refractivity contribution in [1.29, 1.82) is 0 Å². The molecule has 0 saturated carbocycles. The SMILES string of the molecule is Cc1ccc(NC(=O)COc2ccc(/C=N\NC(=O)CCc3ccccc3)cc2)cc1. The highest BCUT2D eigenvalue weighted by Gasteiger charge is 2.04. The Morgan fingerprint density at radius 1 is 0.903 bits per heavy atom. The summed E-state index contributed by atoms with van der Waals surface area (Å²) in [5.74, 6) is 0.204. The second kappa shape index (κ2) is 11.3. The molecule has 0 spiro atoms. The van der Waals surface area contributed by atoms with E-state index in [-0.39, 0.29) is 18.4 Å². The van der Waals surface area contributed by atoms with Crippen molar-refractivity contribution in [2.75, 3.05) is 11.9 Å². The van der Waals surface area contributed by atoms with Gasteiger partial charge >= 0.3 is 0 Å². The molecule has 3 rings (SSSR count). The van der Waals surface area contributed by atoms with Gasteiger partial charge in [0.25, 0.3) is 5.91 Å². The minimum atomic E-state index is -0.229. The summed E-state index contributed by atoms with van der Waals surface area (Å²) in [5, 5.41) is 6.77. The van der Waals surface area contributed by atoms with Crippen LogP contribution in [0.5, 0.6) is 5.75 Å². The lowest BCUT2D eigenvalue weighted by Crippen LogP contribution is -2.20. The first-order chi connectivity index (χ1) is 15.1. The lowest BCUT2D eigenvalue weighted by Gasteiger charge is -2.08. The summed E-state index contributed by atoms with van der Waals surface area (Å²) in [6.07, 6.45) is 2.61. The fourth-order valence-corrected chi connectivity index (χ4v) is 2.77. The predicted octanol–water partition coefficient (Wildman–Crippen LogP) is 4.10. The van der Waals surface area contributed by atoms with Crippen LogP contribution in [-0.2, 0) is 16.0 Å². The number of aryl methyl sites for hydroxylation is 2. The van der Waals surface area contributed by atoms with Crippen LogP contribution in [0.4, 0.5) is 5.69 Å². The molecule has 2 amide bonds. The van der Waals surface area contributed by atoms with Crippen molar-refractivity contribution in [2.45, 2.75) is 19.8 Å². The van der Waals surface area contributed by atoms with E-state index in [2.05, 4.69) is 15.8 Å². The minimum absolute atomic E-state index is 0.0845. The van der Waals surface area contributed by atoms with Crippen LogP contribution in [0.25, 0.3) is 0 Å². The molecule has 3 aromatic rings. The van der Waals surface area contributed by atoms with E-state index in [1.807, 2.05) is 61.5 Å². The first-order valence-electron chi connectivity index (χ1n) is 10.0. The number of hydrogen-bond acceptors (Lipinski definition) is 4. The van der Waals surface area contributed by atoms with Gasteiger partial charge in [-0.2, -0.15) is 5.10 Å². The topological polar surface area (TPSA) is 79.8 Å². The molecule has 0 aliphatic rings. The standard InChI is InChI=1S/C25H25N3O3/c1-19-7-12-22(13-8-19)27-25(30)18-31-23-14-9-21(10-15-23)17-26-28-24(29)16-11-20-5-3-2-4-6-20/h2-10,12-15,17H,11,16,18H2,1H3,(H,27,30)(H,28,29)/b26-17-. The van der Waals surface area contributed by atoms with Gasteiger partial charge < -0.3 is 10.1 Å². The first kappa shape index (κ1) is 21.8. The predicted molar refractivity (Wildman–Crippen MR) is 122 cm³/mol. The summed E-state index contributed by atoms with van der Waals surface area (Å²) >= 11 is 0. The van der Waals surface area contributed by atoms with Gasteiger partial charge in [0, 0.05) is 12.1 Å². The van der Waals surface area contributed by atoms with E-state index in [1.165, 1.54) is 0 Å². The Morgan fingerprint density at radius 3 is 2.32 bits per heavy atom. The maximum Gasteiger partial charge on any atom is 0.262 e. The summed E-state index contributed by atoms with van der Waals surface area (Å²) < 4.78 is 5.51. The Balaban J connectivity index is 1.38. The van der Waals surface area contributed by atoms with Gasteiger partial charge in [-0.1, -0.05) is 48.0 Å². The van der Waals surface area contributed by atoms with Gasteiger partial charge in [0.2, 0.25) is 5.91 Å². The Bertz CT molecular complexity index is 1010. The highest BCUT2D eigenvalue weighted by Crippen LogP contribution is 2.12. The maximum absolute atomic E-state index is 12.0. The number of benzene rings is 3. The van der Waals surface area contributed by atoms with Crippen LogP contribution < -0.4 is 15.5 Å². The Morgan fingerprint density at radius 2 is 1.61 bits per heavy atom. The minimum Gasteiger partial charge on any atom is -0.484 e. The van der Waals surface area contributed by atoms with Crippen molar-refractivity contribution < 1.29 is 14.3 Å². The van der Waals surface area contributed by atoms with Gasteiger partial charge in [-0.15, -0.1) is 0 Å². The van der Waals surface area contributed by atoms with Crippen molar-refractivity contribution in [2.24, 2.45) is 5.10 Å². The van der Waals surface area contributed by atoms with Gasteiger partial charge in [-0.05, 0) is 60.9 Å². The Hall–Kier alpha value is -3.93. The molecule has 2 N–H and O–H groups in total. The van der Waals surface area contributed by atoms with Gasteiger partial charge in [0.05, 0.1) is 6.21 Å². The third-order valence-electron chi connectivity index (χ3n) is 4.47. The first-order valence-corrected chi connectivity index (χ1v) is 10.0. The van der Waals surface area contributed by atoms with E-state index in [1.54, 1.807) is 30.5 Å². The van der Waals surface area contributed by atoms with Crippen molar-refractivity contribution in [3.63, 3.8) is 0 Å². The van der Waals surface area contributed by atoms with Crippen LogP contribution in [0.3, 0.4) is 0 Å². The molecule has 0 saturated heterocycles. The molecule has 0 aromatic heterocycles. The van der Waals surface area contributed by atoms with Crippen LogP contribution in [0, 0.1) is 6.92 Å². The number of anilines is 1. The van der Waals surface area contributed by atoms with Gasteiger partial charge in [-0.3, -0.25) is 9.59 Å². The number of carbonyl (C=O) groups excluding carboxylic acids is 2. The van der Waals surface area contributed by atoms with E-state index in [9.17, 15) is 9.59 Å². The molecule has 0 heterocycles. The molecule has 0 atom stereocenters. The van der Waals surface area contributed by atoms with E-state index < -0.39 is 0 Å². The van der Waals surface area contributed by atoms with E-state index in [4.69, 9.17) is 4.74 Å². The largest absolute Gasteiger partial charge is 0.484 e. The Kier molecular flexibility index (Phi) is 7.94. The molecular weight excluding hydrogens is 390 g/mol. The third-order valence-corrected chi connectivity index (χ3v) is 4.47. The zero-order chi connectivity index (χ0) is 21.9. The molecule has 6 heteroatoms. The zero-order valence-corrected chi connectivity index (χ0v) is 17.4. The normalized spacial score (nSPS) is 10.6. The number of amides is 2. The number of nitrogens with zero attached hydrogens (tertiary/aromatic N) is 1. The highest BCUT2D eigenvalue weighted by atomic mass is 16.5. The van der Waals surface area contributed by atoms with E-state index in [0.29, 0.717) is 18.6 Å². The molecule has 0 aliphatic carbocycles. The summed E-state index contributed by atoms with van der Waals surface area (Å²) in [4.78, 5) is 23.9. The summed E-state index contributed by atoms with van der Waals surface area (Å²) in [7, 11) is 0. The molecule has 0 radical (unpaired) electrons. The number of carbonyl (C=O) groups is 2. The fraction of sp³-hybridized carbons (Fsp3) is 0.160. The van der Waals surface area contributed by atoms with Crippen LogP contribution in [0.2, 0.25) is 0 Å². The summed E-state index contributed by atoms with van der Waals surface area (Å²) in [5.41, 5.74) is 6.31. The maximum atomic E-state index is 12.0. The van der Waals surface area contributed by atoms with Crippen LogP contribution >= 0.6 is 0 Å². The molecule has 6 nitrogen and oxygen atoms in total. The molecule has 0 unspecified atom stereocenters. The van der Waals surface area contributed by atoms with Crippen molar-refractivity contribution in [3.05, 3.63) is 95.6 Å². The second-order valence-corrected chi connectivity index (χ2v) is 7.05. The number of hydrogen-bond donors (Lipinski definition) is 2. The van der Waals surface area contributed by atoms with Crippen LogP contribution in [0.1, 0.15) is 23.1 Å². The van der Waals surface area contributed by atoms with Gasteiger partial charge in [-0.25, -0.2) is 5.43 Å². The second-order valence-electron chi connectivity index (χ2n) is 7.05. The lowest BCUT2D eigenvalue weighted by atomic mass is 10.1. The molecule has 0 fully saturated rings. The van der Waals surface area contributed by atoms with Crippen molar-refractivity contribution in [1.82, 2.24) is 5.43 Å². The number of ether oxygens (including phenoxy) is 1. The smallest absolute Gasteiger partial charge is 0.262 e. The fourth-order valence-electron chi connectivity index (χ4n) is 2.77. The van der Waals surface area contributed by atoms with Crippen LogP contribution in [0.15, 0.2) is 84.0 Å². The van der Waals surface area contributed by atoms with Gasteiger partial charge in [0.15, 0.2) is 6.61 Å². The summed E-state index contributed by atoms with van der Waals surface area (Å²) in [6, 6.07) is 24.5. The molecule has 0 bridgehead atoms. The average Bonchev–Trinajstić information content (AvgIpc) is 2.79. The molecule has 31 heavy (non-hydrogen) atoms. The zero-order valence-electron chi connectivity index (χ0n) is 17.4. The molecule has 0 aliphatic heterocycles. The molecule has 158 valence electrons. The van der Waals surface area contributed by atoms with Crippen LogP contribution in [-0.4, -0.2) is 24.6 Å². The van der Waals surface area contributed by atoms with Crippen molar-refractivity contribution >= 4 is 23.7 Å². The molecular formula is C25H25N3O3. The lowest BCUT2D eigenvalue weighted by molar-refractivity contribution is -0.121. The monoisotopic (exact) mass is 415 g/mol. The quantitative estimate of drug-likeness (QED) is 0.408. The molecule has 3 aromatic carbocycles. The van der Waals surface area contributed by atoms with Gasteiger partial charge in [0.1, 0.15) is 5.75 Å². The Labute approximate surface area is 182 Å². The number of rotatable bonds is 9. The third kappa shape index (κ3) is 7.78. The average molecular weight is 415 g/mol.